The summed E-state index contributed by atoms with van der Waals surface area (Å²) in [6.45, 7) is 0.226. The fraction of sp³-hybridized carbons (Fsp3) is 0.455. The van der Waals surface area contributed by atoms with Gasteiger partial charge in [-0.15, -0.1) is 0 Å². The van der Waals surface area contributed by atoms with Crippen LogP contribution in [0.15, 0.2) is 29.2 Å². The van der Waals surface area contributed by atoms with E-state index in [1.165, 1.54) is 12.1 Å². The van der Waals surface area contributed by atoms with Crippen LogP contribution < -0.4 is 5.32 Å². The molecule has 0 fully saturated rings. The van der Waals surface area contributed by atoms with Crippen LogP contribution in [0, 0.1) is 0 Å². The molecule has 0 aliphatic carbocycles. The normalized spacial score (nSPS) is 15.5. The van der Waals surface area contributed by atoms with Crippen molar-refractivity contribution < 1.29 is 18.6 Å². The first-order valence-electron chi connectivity index (χ1n) is 5.17. The number of rotatable bonds is 5. The second kappa shape index (κ2) is 5.59. The van der Waals surface area contributed by atoms with Crippen LogP contribution in [-0.4, -0.2) is 44.6 Å². The lowest BCUT2D eigenvalue weighted by atomic mass is 10.0. The van der Waals surface area contributed by atoms with E-state index < -0.39 is 22.0 Å². The molecular weight excluding hydrogens is 242 g/mol. The molecular formula is C11H17NO4S. The van der Waals surface area contributed by atoms with Gasteiger partial charge in [0.2, 0.25) is 0 Å². The molecule has 0 aliphatic heterocycles. The van der Waals surface area contributed by atoms with E-state index in [0.29, 0.717) is 5.56 Å². The molecule has 1 aromatic carbocycles. The molecule has 0 bridgehead atoms. The Morgan fingerprint density at radius 1 is 1.35 bits per heavy atom. The number of sulfone groups is 1. The molecule has 17 heavy (non-hydrogen) atoms. The van der Waals surface area contributed by atoms with Gasteiger partial charge in [0, 0.05) is 12.8 Å². The molecule has 2 atom stereocenters. The molecule has 0 saturated heterocycles. The fourth-order valence-corrected chi connectivity index (χ4v) is 2.15. The molecule has 1 rings (SSSR count). The first-order valence-corrected chi connectivity index (χ1v) is 7.06. The van der Waals surface area contributed by atoms with E-state index in [0.717, 1.165) is 6.26 Å². The molecule has 2 unspecified atom stereocenters. The summed E-state index contributed by atoms with van der Waals surface area (Å²) in [5.74, 6) is 0. The highest BCUT2D eigenvalue weighted by Crippen LogP contribution is 2.20. The van der Waals surface area contributed by atoms with Crippen molar-refractivity contribution in [3.63, 3.8) is 0 Å². The van der Waals surface area contributed by atoms with Gasteiger partial charge in [0.05, 0.1) is 11.0 Å². The van der Waals surface area contributed by atoms with Crippen LogP contribution in [0.4, 0.5) is 0 Å². The number of hydrogen-bond acceptors (Lipinski definition) is 5. The van der Waals surface area contributed by atoms with Gasteiger partial charge in [-0.05, 0) is 24.7 Å². The smallest absolute Gasteiger partial charge is 0.175 e. The summed E-state index contributed by atoms with van der Waals surface area (Å²) >= 11 is 0. The highest BCUT2D eigenvalue weighted by atomic mass is 32.2. The first-order chi connectivity index (χ1) is 7.86. The lowest BCUT2D eigenvalue weighted by Crippen LogP contribution is -2.29. The van der Waals surface area contributed by atoms with Crippen molar-refractivity contribution in [2.45, 2.75) is 17.1 Å². The quantitative estimate of drug-likeness (QED) is 0.676. The molecule has 3 N–H and O–H groups in total. The average Bonchev–Trinajstić information content (AvgIpc) is 2.27. The van der Waals surface area contributed by atoms with E-state index in [9.17, 15) is 18.6 Å². The van der Waals surface area contributed by atoms with Gasteiger partial charge in [-0.1, -0.05) is 12.1 Å². The number of nitrogens with one attached hydrogen (secondary N) is 1. The Labute approximate surface area is 101 Å². The van der Waals surface area contributed by atoms with Crippen molar-refractivity contribution in [2.24, 2.45) is 0 Å². The van der Waals surface area contributed by atoms with Crippen LogP contribution in [0.5, 0.6) is 0 Å². The predicted molar refractivity (Wildman–Crippen MR) is 64.4 cm³/mol. The molecule has 0 spiro atoms. The molecule has 6 heteroatoms. The highest BCUT2D eigenvalue weighted by molar-refractivity contribution is 7.90. The van der Waals surface area contributed by atoms with Crippen LogP contribution in [-0.2, 0) is 9.84 Å². The van der Waals surface area contributed by atoms with Crippen LogP contribution in [0.2, 0.25) is 0 Å². The maximum absolute atomic E-state index is 11.3. The summed E-state index contributed by atoms with van der Waals surface area (Å²) in [4.78, 5) is 0.130. The SMILES string of the molecule is CNCC(O)C(O)c1cccc(S(C)(=O)=O)c1. The molecule has 5 nitrogen and oxygen atoms in total. The van der Waals surface area contributed by atoms with Gasteiger partial charge in [0.1, 0.15) is 6.10 Å². The van der Waals surface area contributed by atoms with Crippen molar-refractivity contribution >= 4 is 9.84 Å². The molecule has 0 heterocycles. The van der Waals surface area contributed by atoms with Crippen molar-refractivity contribution in [1.82, 2.24) is 5.32 Å². The molecule has 0 amide bonds. The third-order valence-corrected chi connectivity index (χ3v) is 3.52. The Bertz CT molecular complexity index is 472. The molecule has 96 valence electrons. The van der Waals surface area contributed by atoms with E-state index in [2.05, 4.69) is 5.32 Å². The van der Waals surface area contributed by atoms with E-state index >= 15 is 0 Å². The fourth-order valence-electron chi connectivity index (χ4n) is 1.47. The lowest BCUT2D eigenvalue weighted by molar-refractivity contribution is 0.0201. The Morgan fingerprint density at radius 2 is 2.00 bits per heavy atom. The number of likely N-dealkylation sites (N-methyl/N-ethyl adjacent to an activating group) is 1. The third kappa shape index (κ3) is 3.78. The van der Waals surface area contributed by atoms with Gasteiger partial charge in [-0.2, -0.15) is 0 Å². The van der Waals surface area contributed by atoms with Crippen molar-refractivity contribution in [3.05, 3.63) is 29.8 Å². The number of benzene rings is 1. The average molecular weight is 259 g/mol. The topological polar surface area (TPSA) is 86.6 Å². The summed E-state index contributed by atoms with van der Waals surface area (Å²) in [6.07, 6.45) is -0.985. The second-order valence-corrected chi connectivity index (χ2v) is 5.93. The van der Waals surface area contributed by atoms with E-state index in [1.807, 2.05) is 0 Å². The van der Waals surface area contributed by atoms with Crippen molar-refractivity contribution in [2.75, 3.05) is 19.8 Å². The Hall–Kier alpha value is -0.950. The zero-order chi connectivity index (χ0) is 13.1. The van der Waals surface area contributed by atoms with E-state index in [4.69, 9.17) is 0 Å². The summed E-state index contributed by atoms with van der Waals surface area (Å²) < 4.78 is 22.7. The standard InChI is InChI=1S/C11H17NO4S/c1-12-7-10(13)11(14)8-4-3-5-9(6-8)17(2,15)16/h3-6,10-14H,7H2,1-2H3. The van der Waals surface area contributed by atoms with E-state index in [1.54, 1.807) is 19.2 Å². The number of hydrogen-bond donors (Lipinski definition) is 3. The zero-order valence-corrected chi connectivity index (χ0v) is 10.6. The van der Waals surface area contributed by atoms with Crippen LogP contribution in [0.3, 0.4) is 0 Å². The largest absolute Gasteiger partial charge is 0.389 e. The maximum atomic E-state index is 11.3. The highest BCUT2D eigenvalue weighted by Gasteiger charge is 2.19. The maximum Gasteiger partial charge on any atom is 0.175 e. The Balaban J connectivity index is 3.00. The lowest BCUT2D eigenvalue weighted by Gasteiger charge is -2.18. The Kier molecular flexibility index (Phi) is 4.64. The van der Waals surface area contributed by atoms with Crippen LogP contribution in [0.1, 0.15) is 11.7 Å². The van der Waals surface area contributed by atoms with Crippen LogP contribution >= 0.6 is 0 Å². The van der Waals surface area contributed by atoms with Gasteiger partial charge < -0.3 is 15.5 Å². The molecule has 0 aromatic heterocycles. The summed E-state index contributed by atoms with van der Waals surface area (Å²) in [5.41, 5.74) is 0.385. The summed E-state index contributed by atoms with van der Waals surface area (Å²) in [6, 6.07) is 5.95. The van der Waals surface area contributed by atoms with Gasteiger partial charge >= 0.3 is 0 Å². The number of aliphatic hydroxyl groups excluding tert-OH is 2. The van der Waals surface area contributed by atoms with E-state index in [-0.39, 0.29) is 11.4 Å². The Morgan fingerprint density at radius 3 is 2.53 bits per heavy atom. The van der Waals surface area contributed by atoms with Gasteiger partial charge in [-0.25, -0.2) is 8.42 Å². The second-order valence-electron chi connectivity index (χ2n) is 3.91. The molecule has 1 aromatic rings. The van der Waals surface area contributed by atoms with Gasteiger partial charge in [0.15, 0.2) is 9.84 Å². The van der Waals surface area contributed by atoms with Crippen molar-refractivity contribution in [3.8, 4) is 0 Å². The zero-order valence-electron chi connectivity index (χ0n) is 9.79. The van der Waals surface area contributed by atoms with Crippen LogP contribution in [0.25, 0.3) is 0 Å². The molecule has 0 radical (unpaired) electrons. The van der Waals surface area contributed by atoms with Gasteiger partial charge in [-0.3, -0.25) is 0 Å². The minimum absolute atomic E-state index is 0.130. The van der Waals surface area contributed by atoms with Gasteiger partial charge in [0.25, 0.3) is 0 Å². The monoisotopic (exact) mass is 259 g/mol. The molecule has 0 saturated carbocycles. The number of aliphatic hydroxyl groups is 2. The summed E-state index contributed by atoms with van der Waals surface area (Å²) in [5, 5.41) is 22.2. The predicted octanol–water partition coefficient (Wildman–Crippen LogP) is -0.296. The minimum Gasteiger partial charge on any atom is -0.389 e. The third-order valence-electron chi connectivity index (χ3n) is 2.41. The first kappa shape index (κ1) is 14.1. The van der Waals surface area contributed by atoms with Crippen molar-refractivity contribution in [1.29, 1.82) is 0 Å². The summed E-state index contributed by atoms with van der Waals surface area (Å²) in [7, 11) is -1.65. The minimum atomic E-state index is -3.31. The molecule has 0 aliphatic rings.